The number of aromatic amines is 1. The molecule has 1 heterocycles. The molecule has 0 atom stereocenters. The van der Waals surface area contributed by atoms with Crippen molar-refractivity contribution in [3.63, 3.8) is 0 Å². The number of sulfonamides is 1. The number of amides is 1. The van der Waals surface area contributed by atoms with Crippen molar-refractivity contribution >= 4 is 15.9 Å². The topological polar surface area (TPSA) is 95.2 Å². The average molecular weight is 260 g/mol. The fourth-order valence-electron chi connectivity index (χ4n) is 1.30. The van der Waals surface area contributed by atoms with Gasteiger partial charge >= 0.3 is 0 Å². The zero-order valence-electron chi connectivity index (χ0n) is 9.80. The predicted octanol–water partition coefficient (Wildman–Crippen LogP) is -0.444. The molecule has 1 rings (SSSR count). The van der Waals surface area contributed by atoms with E-state index in [9.17, 15) is 13.2 Å². The van der Waals surface area contributed by atoms with Crippen molar-refractivity contribution in [1.29, 1.82) is 0 Å². The summed E-state index contributed by atoms with van der Waals surface area (Å²) in [4.78, 5) is 11.3. The Hall–Kier alpha value is -1.41. The van der Waals surface area contributed by atoms with Gasteiger partial charge < -0.3 is 5.32 Å². The van der Waals surface area contributed by atoms with Crippen LogP contribution in [0.15, 0.2) is 17.3 Å². The smallest absolute Gasteiger partial charge is 0.260 e. The van der Waals surface area contributed by atoms with Gasteiger partial charge in [0.25, 0.3) is 10.0 Å². The number of carbonyl (C=O) groups excluding carboxylic acids is 1. The number of nitrogens with one attached hydrogen (secondary N) is 2. The monoisotopic (exact) mass is 260 g/mol. The summed E-state index contributed by atoms with van der Waals surface area (Å²) in [5.41, 5.74) is 0. The second kappa shape index (κ2) is 5.78. The maximum absolute atomic E-state index is 12.1. The van der Waals surface area contributed by atoms with Gasteiger partial charge in [-0.3, -0.25) is 9.89 Å². The summed E-state index contributed by atoms with van der Waals surface area (Å²) in [6, 6.07) is 1.36. The van der Waals surface area contributed by atoms with Crippen molar-refractivity contribution in [3.8, 4) is 0 Å². The van der Waals surface area contributed by atoms with E-state index in [0.29, 0.717) is 6.42 Å². The Morgan fingerprint density at radius 2 is 2.29 bits per heavy atom. The molecule has 7 nitrogen and oxygen atoms in total. The van der Waals surface area contributed by atoms with Gasteiger partial charge in [0.2, 0.25) is 5.91 Å². The van der Waals surface area contributed by atoms with Crippen LogP contribution in [0.5, 0.6) is 0 Å². The van der Waals surface area contributed by atoms with E-state index in [1.54, 1.807) is 0 Å². The Labute approximate surface area is 100 Å². The standard InChI is InChI=1S/C9H16N4O3S/c1-3-6-13(7-8(14)10-2)17(15,16)9-4-5-11-12-9/h4-5H,3,6-7H2,1-2H3,(H,10,14)(H,11,12). The first kappa shape index (κ1) is 13.7. The lowest BCUT2D eigenvalue weighted by molar-refractivity contribution is -0.120. The number of H-pyrrole nitrogens is 1. The van der Waals surface area contributed by atoms with Crippen LogP contribution in [0, 0.1) is 0 Å². The van der Waals surface area contributed by atoms with Crippen molar-refractivity contribution in [2.75, 3.05) is 20.1 Å². The highest BCUT2D eigenvalue weighted by molar-refractivity contribution is 7.89. The Kier molecular flexibility index (Phi) is 4.64. The molecule has 1 amide bonds. The van der Waals surface area contributed by atoms with Gasteiger partial charge in [0.05, 0.1) is 12.7 Å². The molecule has 0 aromatic carbocycles. The van der Waals surface area contributed by atoms with Crippen LogP contribution in [0.2, 0.25) is 0 Å². The summed E-state index contributed by atoms with van der Waals surface area (Å²) >= 11 is 0. The van der Waals surface area contributed by atoms with Gasteiger partial charge in [-0.2, -0.15) is 9.40 Å². The second-order valence-corrected chi connectivity index (χ2v) is 5.34. The van der Waals surface area contributed by atoms with Crippen molar-refractivity contribution in [1.82, 2.24) is 19.8 Å². The summed E-state index contributed by atoms with van der Waals surface area (Å²) < 4.78 is 25.3. The summed E-state index contributed by atoms with van der Waals surface area (Å²) in [5.74, 6) is -0.346. The van der Waals surface area contributed by atoms with Crippen molar-refractivity contribution in [3.05, 3.63) is 12.3 Å². The van der Waals surface area contributed by atoms with E-state index in [1.807, 2.05) is 6.92 Å². The first-order valence-electron chi connectivity index (χ1n) is 5.22. The van der Waals surface area contributed by atoms with Crippen molar-refractivity contribution < 1.29 is 13.2 Å². The summed E-state index contributed by atoms with van der Waals surface area (Å²) in [6.45, 7) is 1.94. The molecule has 0 fully saturated rings. The number of hydrogen-bond acceptors (Lipinski definition) is 4. The SMILES string of the molecule is CCCN(CC(=O)NC)S(=O)(=O)c1ccn[nH]1. The summed E-state index contributed by atoms with van der Waals surface area (Å²) in [6.07, 6.45) is 1.99. The van der Waals surface area contributed by atoms with Gasteiger partial charge in [0.15, 0.2) is 5.03 Å². The van der Waals surface area contributed by atoms with Crippen LogP contribution in [-0.2, 0) is 14.8 Å². The third-order valence-electron chi connectivity index (χ3n) is 2.16. The quantitative estimate of drug-likeness (QED) is 0.724. The lowest BCUT2D eigenvalue weighted by atomic mass is 10.4. The first-order chi connectivity index (χ1) is 8.02. The predicted molar refractivity (Wildman–Crippen MR) is 61.7 cm³/mol. The molecule has 17 heavy (non-hydrogen) atoms. The fraction of sp³-hybridized carbons (Fsp3) is 0.556. The lowest BCUT2D eigenvalue weighted by Gasteiger charge is -2.19. The van der Waals surface area contributed by atoms with Crippen LogP contribution < -0.4 is 5.32 Å². The van der Waals surface area contributed by atoms with Crippen molar-refractivity contribution in [2.45, 2.75) is 18.4 Å². The molecule has 96 valence electrons. The van der Waals surface area contributed by atoms with E-state index in [4.69, 9.17) is 0 Å². The van der Waals surface area contributed by atoms with E-state index in [-0.39, 0.29) is 24.0 Å². The number of likely N-dealkylation sites (N-methyl/N-ethyl adjacent to an activating group) is 1. The van der Waals surface area contributed by atoms with Gasteiger partial charge in [0, 0.05) is 13.6 Å². The minimum absolute atomic E-state index is 0.00477. The van der Waals surface area contributed by atoms with Gasteiger partial charge in [-0.05, 0) is 12.5 Å². The molecule has 0 spiro atoms. The van der Waals surface area contributed by atoms with Crippen LogP contribution in [0.3, 0.4) is 0 Å². The Balaban J connectivity index is 2.94. The maximum atomic E-state index is 12.1. The maximum Gasteiger partial charge on any atom is 0.260 e. The molecular formula is C9H16N4O3S. The van der Waals surface area contributed by atoms with E-state index < -0.39 is 10.0 Å². The molecule has 1 aromatic rings. The number of nitrogens with zero attached hydrogens (tertiary/aromatic N) is 2. The molecule has 0 unspecified atom stereocenters. The van der Waals surface area contributed by atoms with Gasteiger partial charge in [0.1, 0.15) is 0 Å². The fourth-order valence-corrected chi connectivity index (χ4v) is 2.69. The molecule has 0 bridgehead atoms. The van der Waals surface area contributed by atoms with Crippen molar-refractivity contribution in [2.24, 2.45) is 0 Å². The normalized spacial score (nSPS) is 11.7. The number of carbonyl (C=O) groups is 1. The zero-order valence-corrected chi connectivity index (χ0v) is 10.6. The second-order valence-electron chi connectivity index (χ2n) is 3.43. The first-order valence-corrected chi connectivity index (χ1v) is 6.66. The molecule has 8 heteroatoms. The molecule has 0 saturated carbocycles. The number of aromatic nitrogens is 2. The lowest BCUT2D eigenvalue weighted by Crippen LogP contribution is -2.40. The van der Waals surface area contributed by atoms with Crippen LogP contribution in [0.1, 0.15) is 13.3 Å². The molecule has 2 N–H and O–H groups in total. The average Bonchev–Trinajstić information content (AvgIpc) is 2.82. The highest BCUT2D eigenvalue weighted by Gasteiger charge is 2.26. The van der Waals surface area contributed by atoms with Crippen LogP contribution in [-0.4, -0.2) is 49.0 Å². The minimum Gasteiger partial charge on any atom is -0.358 e. The van der Waals surface area contributed by atoms with Crippen LogP contribution >= 0.6 is 0 Å². The third kappa shape index (κ3) is 3.27. The highest BCUT2D eigenvalue weighted by Crippen LogP contribution is 2.12. The van der Waals surface area contributed by atoms with E-state index in [1.165, 1.54) is 19.3 Å². The molecule has 0 radical (unpaired) electrons. The summed E-state index contributed by atoms with van der Waals surface area (Å²) in [7, 11) is -2.20. The molecule has 0 aliphatic rings. The highest BCUT2D eigenvalue weighted by atomic mass is 32.2. The van der Waals surface area contributed by atoms with E-state index in [0.717, 1.165) is 4.31 Å². The van der Waals surface area contributed by atoms with Crippen LogP contribution in [0.25, 0.3) is 0 Å². The van der Waals surface area contributed by atoms with Gasteiger partial charge in [-0.15, -0.1) is 0 Å². The van der Waals surface area contributed by atoms with E-state index in [2.05, 4.69) is 15.5 Å². The zero-order chi connectivity index (χ0) is 12.9. The molecule has 1 aromatic heterocycles. The Morgan fingerprint density at radius 3 is 2.76 bits per heavy atom. The van der Waals surface area contributed by atoms with Gasteiger partial charge in [-0.25, -0.2) is 8.42 Å². The molecule has 0 aliphatic carbocycles. The molecule has 0 saturated heterocycles. The van der Waals surface area contributed by atoms with Crippen LogP contribution in [0.4, 0.5) is 0 Å². The minimum atomic E-state index is -3.67. The molecular weight excluding hydrogens is 244 g/mol. The number of rotatable bonds is 6. The largest absolute Gasteiger partial charge is 0.358 e. The third-order valence-corrected chi connectivity index (χ3v) is 3.94. The van der Waals surface area contributed by atoms with Gasteiger partial charge in [-0.1, -0.05) is 6.92 Å². The Morgan fingerprint density at radius 1 is 1.59 bits per heavy atom. The summed E-state index contributed by atoms with van der Waals surface area (Å²) in [5, 5.41) is 8.39. The number of hydrogen-bond donors (Lipinski definition) is 2. The molecule has 0 aliphatic heterocycles. The Bertz CT molecular complexity index is 455. The van der Waals surface area contributed by atoms with E-state index >= 15 is 0 Å².